The SMILES string of the molecule is CO[C@H]1C[C@@H]2CC[C@@H](C)[C@@](O)(O2)C(=O)C(=O)N2CCCCC2C(=O)O[C@H]([C@H](C)C[C@@H]2CC[C@@H](O)[C@H](OC)C2)CC(=O)[C@H](C)/C=C(\C)[C@@H](O)[C@@H](OC)C(=O)[C@H](C)C[C@H](C)C2CCC(/C=C/1C)ON2c1c(Cl)cccc1Cl. The highest BCUT2D eigenvalue weighted by atomic mass is 35.5. The number of esters is 1. The van der Waals surface area contributed by atoms with Crippen LogP contribution >= 0.6 is 23.2 Å². The van der Waals surface area contributed by atoms with E-state index >= 15 is 0 Å². The van der Waals surface area contributed by atoms with Gasteiger partial charge in [-0.2, -0.15) is 0 Å². The molecule has 75 heavy (non-hydrogen) atoms. The van der Waals surface area contributed by atoms with Gasteiger partial charge in [0.15, 0.2) is 5.78 Å². The molecular weight excluding hydrogens is 1010 g/mol. The van der Waals surface area contributed by atoms with Crippen LogP contribution in [0.4, 0.5) is 5.69 Å². The fraction of sp³-hybridized carbons (Fsp3) is 0.737. The molecule has 3 N–H and O–H groups in total. The number of hydrogen-bond donors (Lipinski definition) is 3. The van der Waals surface area contributed by atoms with Gasteiger partial charge in [-0.15, -0.1) is 0 Å². The molecule has 6 aliphatic rings. The van der Waals surface area contributed by atoms with Crippen LogP contribution in [0.2, 0.25) is 10.0 Å². The van der Waals surface area contributed by atoms with Crippen LogP contribution < -0.4 is 5.06 Å². The number of ether oxygens (including phenoxy) is 5. The van der Waals surface area contributed by atoms with Crippen molar-refractivity contribution in [3.05, 3.63) is 51.5 Å². The summed E-state index contributed by atoms with van der Waals surface area (Å²) in [4.78, 5) is 80.0. The molecule has 1 aromatic carbocycles. The molecule has 7 rings (SSSR count). The molecule has 5 aliphatic heterocycles. The van der Waals surface area contributed by atoms with Gasteiger partial charge in [-0.1, -0.05) is 76.0 Å². The molecule has 1 aliphatic carbocycles. The van der Waals surface area contributed by atoms with Crippen LogP contribution in [-0.2, 0) is 52.5 Å². The van der Waals surface area contributed by atoms with E-state index in [0.29, 0.717) is 91.9 Å². The van der Waals surface area contributed by atoms with Crippen molar-refractivity contribution in [2.45, 2.75) is 205 Å². The Hall–Kier alpha value is -3.29. The van der Waals surface area contributed by atoms with Crippen LogP contribution in [0.5, 0.6) is 0 Å². The van der Waals surface area contributed by atoms with Crippen molar-refractivity contribution < 1.29 is 67.8 Å². The number of fused-ring (bicyclic) bond motifs is 17. The second-order valence-electron chi connectivity index (χ2n) is 22.5. The lowest BCUT2D eigenvalue weighted by Crippen LogP contribution is -2.61. The Morgan fingerprint density at radius 2 is 1.53 bits per heavy atom. The van der Waals surface area contributed by atoms with E-state index in [-0.39, 0.29) is 67.3 Å². The Morgan fingerprint density at radius 3 is 2.20 bits per heavy atom. The summed E-state index contributed by atoms with van der Waals surface area (Å²) in [6.45, 7) is 12.7. The van der Waals surface area contributed by atoms with Gasteiger partial charge in [0, 0.05) is 58.5 Å². The monoisotopic (exact) mass is 1090 g/mol. The molecule has 420 valence electrons. The number of Topliss-reactive ketones (excluding diaryl/α,β-unsaturated/α-hetero) is 3. The number of anilines is 1. The zero-order valence-electron chi connectivity index (χ0n) is 45.7. The first kappa shape index (κ1) is 60.9. The topological polar surface area (TPSA) is 208 Å². The number of allylic oxidation sites excluding steroid dienone is 1. The molecule has 0 spiro atoms. The van der Waals surface area contributed by atoms with Crippen molar-refractivity contribution in [3.63, 3.8) is 0 Å². The molecule has 3 unspecified atom stereocenters. The van der Waals surface area contributed by atoms with Crippen molar-refractivity contribution in [3.8, 4) is 0 Å². The minimum absolute atomic E-state index is 0.0616. The molecule has 18 heteroatoms. The zero-order chi connectivity index (χ0) is 55.1. The zero-order valence-corrected chi connectivity index (χ0v) is 47.2. The van der Waals surface area contributed by atoms with Crippen molar-refractivity contribution >= 4 is 58.1 Å². The van der Waals surface area contributed by atoms with E-state index in [1.54, 1.807) is 64.3 Å². The predicted octanol–water partition coefficient (Wildman–Crippen LogP) is 8.34. The van der Waals surface area contributed by atoms with Crippen LogP contribution in [0, 0.1) is 35.5 Å². The van der Waals surface area contributed by atoms with Gasteiger partial charge in [-0.3, -0.25) is 24.0 Å². The van der Waals surface area contributed by atoms with Gasteiger partial charge in [-0.25, -0.2) is 9.86 Å². The van der Waals surface area contributed by atoms with Crippen LogP contribution in [0.25, 0.3) is 0 Å². The van der Waals surface area contributed by atoms with Gasteiger partial charge < -0.3 is 43.9 Å². The number of hydrogen-bond acceptors (Lipinski definition) is 15. The molecule has 1 aromatic rings. The second-order valence-corrected chi connectivity index (χ2v) is 23.3. The number of ketones is 3. The van der Waals surface area contributed by atoms with E-state index in [0.717, 1.165) is 5.57 Å². The number of nitrogens with zero attached hydrogens (tertiary/aromatic N) is 2. The quantitative estimate of drug-likeness (QED) is 0.133. The molecule has 1 saturated carbocycles. The van der Waals surface area contributed by atoms with Gasteiger partial charge in [0.25, 0.3) is 11.7 Å². The lowest BCUT2D eigenvalue weighted by atomic mass is 9.78. The first-order valence-electron chi connectivity index (χ1n) is 27.3. The molecular formula is C57H84Cl2N2O14. The summed E-state index contributed by atoms with van der Waals surface area (Å²) in [7, 11) is 4.50. The normalized spacial score (nSPS) is 38.8. The third-order valence-corrected chi connectivity index (χ3v) is 17.6. The molecule has 4 bridgehead atoms. The number of piperidine rings is 1. The standard InChI is InChI=1S/C57H84Cl2N2O14/c1-31-24-35(5)51(64)53(72-10)52(65)36(6)25-32(2)46(63)30-48(33(3)26-38-18-22-45(62)49(28-38)71-9)73-56(68)44-16-11-12-23-60(44)55(67)54(66)57(69)37(7)17-19-39(74-57)29-47(70-8)34(4)27-40-20-21-43(31)61(75-40)50-41(58)14-13-15-42(50)59/h13-15,25,27,31-33,35,37-40,43-45,47-49,52-53,62,65,69H,11-12,16-24,26,28-30H2,1-10H3/b34-27+,36-25+/t31-,32+,33+,35+,37+,38-,39-,40?,43?,44?,45+,47-,48-,49+,52+,53-,57+/m0/s1. The molecule has 3 saturated heterocycles. The fourth-order valence-electron chi connectivity index (χ4n) is 12.2. The number of benzene rings is 1. The summed E-state index contributed by atoms with van der Waals surface area (Å²) in [5, 5.41) is 37.0. The number of hydroxylamine groups is 1. The van der Waals surface area contributed by atoms with Crippen molar-refractivity contribution in [2.24, 2.45) is 35.5 Å². The number of rotatable bonds is 7. The summed E-state index contributed by atoms with van der Waals surface area (Å²) >= 11 is 13.7. The van der Waals surface area contributed by atoms with Gasteiger partial charge in [0.1, 0.15) is 41.9 Å². The first-order valence-corrected chi connectivity index (χ1v) is 28.0. The maximum absolute atomic E-state index is 14.5. The smallest absolute Gasteiger partial charge is 0.329 e. The van der Waals surface area contributed by atoms with Crippen molar-refractivity contribution in [1.29, 1.82) is 0 Å². The van der Waals surface area contributed by atoms with Gasteiger partial charge in [0.05, 0.1) is 40.5 Å². The van der Waals surface area contributed by atoms with Gasteiger partial charge in [-0.05, 0) is 132 Å². The molecule has 17 atom stereocenters. The number of carbonyl (C=O) groups excluding carboxylic acids is 5. The fourth-order valence-corrected chi connectivity index (χ4v) is 12.8. The number of carbonyl (C=O) groups is 5. The van der Waals surface area contributed by atoms with E-state index < -0.39 is 90.0 Å². The summed E-state index contributed by atoms with van der Waals surface area (Å²) < 4.78 is 29.9. The highest BCUT2D eigenvalue weighted by molar-refractivity contribution is 6.39. The van der Waals surface area contributed by atoms with E-state index in [9.17, 15) is 39.3 Å². The molecule has 0 aromatic heterocycles. The van der Waals surface area contributed by atoms with Crippen LogP contribution in [0.3, 0.4) is 0 Å². The molecule has 4 fully saturated rings. The number of aliphatic hydroxyl groups excluding tert-OH is 2. The third-order valence-electron chi connectivity index (χ3n) is 17.0. The Balaban J connectivity index is 1.36. The summed E-state index contributed by atoms with van der Waals surface area (Å²) in [6, 6.07) is 3.77. The minimum atomic E-state index is -2.49. The van der Waals surface area contributed by atoms with Crippen molar-refractivity contribution in [2.75, 3.05) is 32.9 Å². The average Bonchev–Trinajstić information content (AvgIpc) is 3.38. The number of para-hydroxylation sites is 1. The highest BCUT2D eigenvalue weighted by Crippen LogP contribution is 2.43. The third kappa shape index (κ3) is 14.5. The van der Waals surface area contributed by atoms with Gasteiger partial charge >= 0.3 is 5.97 Å². The number of methoxy groups -OCH3 is 3. The first-order chi connectivity index (χ1) is 35.5. The highest BCUT2D eigenvalue weighted by Gasteiger charge is 2.53. The summed E-state index contributed by atoms with van der Waals surface area (Å²) in [5.74, 6) is -8.64. The predicted molar refractivity (Wildman–Crippen MR) is 284 cm³/mol. The van der Waals surface area contributed by atoms with Crippen LogP contribution in [-0.4, -0.2) is 144 Å². The largest absolute Gasteiger partial charge is 0.460 e. The lowest BCUT2D eigenvalue weighted by Gasteiger charge is -2.44. The lowest BCUT2D eigenvalue weighted by molar-refractivity contribution is -0.265. The second kappa shape index (κ2) is 27.0. The van der Waals surface area contributed by atoms with Gasteiger partial charge in [0.2, 0.25) is 5.79 Å². The van der Waals surface area contributed by atoms with Crippen molar-refractivity contribution in [1.82, 2.24) is 4.90 Å². The average molecular weight is 1090 g/mol. The molecule has 5 heterocycles. The number of aliphatic hydroxyl groups is 3. The number of halogens is 2. The van der Waals surface area contributed by atoms with E-state index in [1.165, 1.54) is 12.0 Å². The minimum Gasteiger partial charge on any atom is -0.460 e. The van der Waals surface area contributed by atoms with E-state index in [2.05, 4.69) is 0 Å². The summed E-state index contributed by atoms with van der Waals surface area (Å²) in [5.41, 5.74) is 1.64. The Bertz CT molecular complexity index is 2210. The molecule has 1 amide bonds. The van der Waals surface area contributed by atoms with Crippen LogP contribution in [0.15, 0.2) is 41.5 Å². The molecule has 0 radical (unpaired) electrons. The molecule has 16 nitrogen and oxygen atoms in total. The Kier molecular flexibility index (Phi) is 22.0. The number of amides is 1. The maximum atomic E-state index is 14.5. The van der Waals surface area contributed by atoms with Crippen LogP contribution in [0.1, 0.15) is 138 Å². The Labute approximate surface area is 454 Å². The Morgan fingerprint density at radius 1 is 0.827 bits per heavy atom. The maximum Gasteiger partial charge on any atom is 0.329 e. The van der Waals surface area contributed by atoms with E-state index in [4.69, 9.17) is 51.7 Å². The van der Waals surface area contributed by atoms with E-state index in [1.807, 2.05) is 33.8 Å². The summed E-state index contributed by atoms with van der Waals surface area (Å²) in [6.07, 6.45) is 3.43.